The van der Waals surface area contributed by atoms with Crippen molar-refractivity contribution < 1.29 is 9.53 Å². The Bertz CT molecular complexity index is 606. The van der Waals surface area contributed by atoms with Crippen LogP contribution in [0.1, 0.15) is 5.56 Å². The highest BCUT2D eigenvalue weighted by atomic mass is 16.5. The second-order valence-electron chi connectivity index (χ2n) is 5.23. The molecule has 1 amide bonds. The van der Waals surface area contributed by atoms with Crippen LogP contribution in [-0.2, 0) is 16.0 Å². The molecular weight excluding hydrogens is 280 g/mol. The normalized spacial score (nSPS) is 18.1. The maximum Gasteiger partial charge on any atom is 0.250 e. The number of ether oxygens (including phenoxy) is 1. The molecule has 2 aromatic rings. The van der Waals surface area contributed by atoms with E-state index in [-0.39, 0.29) is 12.0 Å². The van der Waals surface area contributed by atoms with E-state index in [1.807, 2.05) is 47.4 Å². The number of para-hydroxylation sites is 1. The van der Waals surface area contributed by atoms with Gasteiger partial charge in [-0.2, -0.15) is 5.10 Å². The molecule has 1 aromatic heterocycles. The highest BCUT2D eigenvalue weighted by Crippen LogP contribution is 2.07. The van der Waals surface area contributed by atoms with Crippen molar-refractivity contribution in [1.82, 2.24) is 20.4 Å². The van der Waals surface area contributed by atoms with Crippen LogP contribution in [-0.4, -0.2) is 48.0 Å². The Morgan fingerprint density at radius 3 is 3.05 bits per heavy atom. The highest BCUT2D eigenvalue weighted by Gasteiger charge is 2.20. The van der Waals surface area contributed by atoms with E-state index < -0.39 is 0 Å². The second-order valence-corrected chi connectivity index (χ2v) is 5.23. The predicted molar refractivity (Wildman–Crippen MR) is 82.9 cm³/mol. The van der Waals surface area contributed by atoms with E-state index >= 15 is 0 Å². The third-order valence-corrected chi connectivity index (χ3v) is 3.59. The number of nitrogens with zero attached hydrogens (tertiary/aromatic N) is 2. The predicted octanol–water partition coefficient (Wildman–Crippen LogP) is 0.519. The molecule has 1 aromatic carbocycles. The molecule has 0 spiro atoms. The average molecular weight is 300 g/mol. The van der Waals surface area contributed by atoms with Crippen LogP contribution >= 0.6 is 0 Å². The summed E-state index contributed by atoms with van der Waals surface area (Å²) >= 11 is 0. The van der Waals surface area contributed by atoms with Crippen molar-refractivity contribution >= 4 is 5.91 Å². The molecule has 22 heavy (non-hydrogen) atoms. The van der Waals surface area contributed by atoms with Crippen molar-refractivity contribution in [2.75, 3.05) is 26.2 Å². The van der Waals surface area contributed by atoms with Gasteiger partial charge in [-0.05, 0) is 24.1 Å². The fraction of sp³-hybridized carbons (Fsp3) is 0.375. The number of morpholine rings is 1. The van der Waals surface area contributed by atoms with Crippen LogP contribution in [0.5, 0.6) is 0 Å². The number of benzene rings is 1. The lowest BCUT2D eigenvalue weighted by Gasteiger charge is -2.22. The Hall–Kier alpha value is -2.18. The lowest BCUT2D eigenvalue weighted by Crippen LogP contribution is -2.48. The molecule has 0 bridgehead atoms. The molecule has 0 radical (unpaired) electrons. The van der Waals surface area contributed by atoms with Crippen molar-refractivity contribution in [3.05, 3.63) is 48.3 Å². The molecule has 3 rings (SSSR count). The number of amides is 1. The lowest BCUT2D eigenvalue weighted by molar-refractivity contribution is -0.134. The zero-order valence-electron chi connectivity index (χ0n) is 12.4. The minimum Gasteiger partial charge on any atom is -0.366 e. The number of hydrogen-bond acceptors (Lipinski definition) is 4. The third kappa shape index (κ3) is 3.72. The monoisotopic (exact) mass is 300 g/mol. The van der Waals surface area contributed by atoms with Crippen LogP contribution in [0.15, 0.2) is 42.7 Å². The standard InChI is InChI=1S/C16H20N4O2/c21-16(15-11-17-8-9-22-15)18-7-6-13-10-19-20(12-13)14-4-2-1-3-5-14/h1-5,10,12,15,17H,6-9,11H2,(H,18,21). The first-order chi connectivity index (χ1) is 10.8. The first kappa shape index (κ1) is 14.7. The summed E-state index contributed by atoms with van der Waals surface area (Å²) in [6.07, 6.45) is 4.19. The van der Waals surface area contributed by atoms with Gasteiger partial charge in [0.15, 0.2) is 0 Å². The molecule has 1 unspecified atom stereocenters. The number of aromatic nitrogens is 2. The van der Waals surface area contributed by atoms with Crippen LogP contribution in [0.3, 0.4) is 0 Å². The topological polar surface area (TPSA) is 68.2 Å². The SMILES string of the molecule is O=C(NCCc1cnn(-c2ccccc2)c1)C1CNCCO1. The molecule has 116 valence electrons. The molecule has 0 aliphatic carbocycles. The summed E-state index contributed by atoms with van der Waals surface area (Å²) in [4.78, 5) is 11.9. The summed E-state index contributed by atoms with van der Waals surface area (Å²) in [6, 6.07) is 9.95. The molecular formula is C16H20N4O2. The Balaban J connectivity index is 1.48. The van der Waals surface area contributed by atoms with E-state index in [9.17, 15) is 4.79 Å². The summed E-state index contributed by atoms with van der Waals surface area (Å²) in [7, 11) is 0. The zero-order chi connectivity index (χ0) is 15.2. The molecule has 2 heterocycles. The van der Waals surface area contributed by atoms with Gasteiger partial charge < -0.3 is 15.4 Å². The van der Waals surface area contributed by atoms with E-state index in [0.717, 1.165) is 24.2 Å². The summed E-state index contributed by atoms with van der Waals surface area (Å²) in [5.74, 6) is -0.0531. The van der Waals surface area contributed by atoms with Crippen molar-refractivity contribution in [2.24, 2.45) is 0 Å². The van der Waals surface area contributed by atoms with E-state index in [4.69, 9.17) is 4.74 Å². The number of rotatable bonds is 5. The van der Waals surface area contributed by atoms with Gasteiger partial charge in [0, 0.05) is 25.8 Å². The molecule has 2 N–H and O–H groups in total. The van der Waals surface area contributed by atoms with Crippen molar-refractivity contribution in [1.29, 1.82) is 0 Å². The maximum atomic E-state index is 11.9. The number of carbonyl (C=O) groups is 1. The van der Waals surface area contributed by atoms with Crippen molar-refractivity contribution in [3.63, 3.8) is 0 Å². The molecule has 6 heteroatoms. The Morgan fingerprint density at radius 1 is 1.41 bits per heavy atom. The van der Waals surface area contributed by atoms with Crippen LogP contribution in [0.4, 0.5) is 0 Å². The molecule has 6 nitrogen and oxygen atoms in total. The minimum atomic E-state index is -0.374. The molecule has 0 saturated carbocycles. The first-order valence-corrected chi connectivity index (χ1v) is 7.52. The Labute approximate surface area is 129 Å². The number of carbonyl (C=O) groups excluding carboxylic acids is 1. The quantitative estimate of drug-likeness (QED) is 0.845. The molecule has 1 fully saturated rings. The minimum absolute atomic E-state index is 0.0531. The summed E-state index contributed by atoms with van der Waals surface area (Å²) < 4.78 is 7.25. The van der Waals surface area contributed by atoms with E-state index in [1.165, 1.54) is 0 Å². The van der Waals surface area contributed by atoms with E-state index in [1.54, 1.807) is 0 Å². The largest absolute Gasteiger partial charge is 0.366 e. The lowest BCUT2D eigenvalue weighted by atomic mass is 10.2. The number of nitrogens with one attached hydrogen (secondary N) is 2. The summed E-state index contributed by atoms with van der Waals surface area (Å²) in [5.41, 5.74) is 2.12. The fourth-order valence-electron chi connectivity index (χ4n) is 2.39. The smallest absolute Gasteiger partial charge is 0.250 e. The van der Waals surface area contributed by atoms with Crippen LogP contribution < -0.4 is 10.6 Å². The van der Waals surface area contributed by atoms with Gasteiger partial charge in [0.2, 0.25) is 5.91 Å². The van der Waals surface area contributed by atoms with Gasteiger partial charge in [0.25, 0.3) is 0 Å². The summed E-state index contributed by atoms with van der Waals surface area (Å²) in [6.45, 7) is 2.56. The van der Waals surface area contributed by atoms with Gasteiger partial charge in [-0.3, -0.25) is 4.79 Å². The molecule has 1 aliphatic heterocycles. The highest BCUT2D eigenvalue weighted by molar-refractivity contribution is 5.81. The van der Waals surface area contributed by atoms with Gasteiger partial charge in [-0.1, -0.05) is 18.2 Å². The van der Waals surface area contributed by atoms with Crippen LogP contribution in [0.2, 0.25) is 0 Å². The van der Waals surface area contributed by atoms with Crippen molar-refractivity contribution in [2.45, 2.75) is 12.5 Å². The Kier molecular flexibility index (Phi) is 4.82. The first-order valence-electron chi connectivity index (χ1n) is 7.52. The molecule has 1 atom stereocenters. The third-order valence-electron chi connectivity index (χ3n) is 3.59. The Morgan fingerprint density at radius 2 is 2.27 bits per heavy atom. The van der Waals surface area contributed by atoms with Crippen LogP contribution in [0, 0.1) is 0 Å². The van der Waals surface area contributed by atoms with Gasteiger partial charge in [0.1, 0.15) is 6.10 Å². The van der Waals surface area contributed by atoms with Crippen LogP contribution in [0.25, 0.3) is 5.69 Å². The number of hydrogen-bond donors (Lipinski definition) is 2. The van der Waals surface area contributed by atoms with Gasteiger partial charge >= 0.3 is 0 Å². The van der Waals surface area contributed by atoms with Gasteiger partial charge in [-0.15, -0.1) is 0 Å². The second kappa shape index (κ2) is 7.20. The molecule has 1 saturated heterocycles. The maximum absolute atomic E-state index is 11.9. The van der Waals surface area contributed by atoms with E-state index in [2.05, 4.69) is 15.7 Å². The fourth-order valence-corrected chi connectivity index (χ4v) is 2.39. The van der Waals surface area contributed by atoms with Gasteiger partial charge in [-0.25, -0.2) is 4.68 Å². The average Bonchev–Trinajstić information content (AvgIpc) is 3.05. The summed E-state index contributed by atoms with van der Waals surface area (Å²) in [5, 5.41) is 10.4. The molecule has 1 aliphatic rings. The van der Waals surface area contributed by atoms with Crippen molar-refractivity contribution in [3.8, 4) is 5.69 Å². The van der Waals surface area contributed by atoms with E-state index in [0.29, 0.717) is 19.7 Å². The zero-order valence-corrected chi connectivity index (χ0v) is 12.4. The van der Waals surface area contributed by atoms with Gasteiger partial charge in [0.05, 0.1) is 18.5 Å².